The van der Waals surface area contributed by atoms with Gasteiger partial charge in [0.25, 0.3) is 0 Å². The van der Waals surface area contributed by atoms with Crippen LogP contribution in [0.4, 0.5) is 11.5 Å². The van der Waals surface area contributed by atoms with E-state index in [-0.39, 0.29) is 17.4 Å². The van der Waals surface area contributed by atoms with Gasteiger partial charge in [0.1, 0.15) is 12.1 Å². The molecule has 1 N–H and O–H groups in total. The van der Waals surface area contributed by atoms with Gasteiger partial charge < -0.3 is 10.1 Å². The summed E-state index contributed by atoms with van der Waals surface area (Å²) >= 11 is 0. The van der Waals surface area contributed by atoms with Crippen LogP contribution >= 0.6 is 0 Å². The summed E-state index contributed by atoms with van der Waals surface area (Å²) in [4.78, 5) is 18.9. The Labute approximate surface area is 141 Å². The molecule has 1 aromatic carbocycles. The number of rotatable bonds is 7. The van der Waals surface area contributed by atoms with E-state index in [1.165, 1.54) is 6.33 Å². The van der Waals surface area contributed by atoms with Gasteiger partial charge in [-0.1, -0.05) is 19.9 Å². The van der Waals surface area contributed by atoms with E-state index in [9.17, 15) is 10.1 Å². The van der Waals surface area contributed by atoms with E-state index < -0.39 is 4.92 Å². The quantitative estimate of drug-likeness (QED) is 0.603. The van der Waals surface area contributed by atoms with E-state index in [2.05, 4.69) is 29.1 Å². The van der Waals surface area contributed by atoms with Gasteiger partial charge in [-0.25, -0.2) is 4.98 Å². The van der Waals surface area contributed by atoms with Crippen molar-refractivity contribution < 1.29 is 9.66 Å². The van der Waals surface area contributed by atoms with Crippen LogP contribution in [0.2, 0.25) is 0 Å². The highest BCUT2D eigenvalue weighted by Crippen LogP contribution is 2.34. The zero-order valence-corrected chi connectivity index (χ0v) is 14.4. The molecule has 0 fully saturated rings. The minimum absolute atomic E-state index is 0.0629. The van der Waals surface area contributed by atoms with Gasteiger partial charge in [0.05, 0.1) is 4.92 Å². The molecule has 0 aliphatic rings. The second kappa shape index (κ2) is 7.72. The number of ether oxygens (including phenoxy) is 1. The Hall–Kier alpha value is -2.70. The number of aromatic nitrogens is 2. The molecule has 2 rings (SSSR count). The van der Waals surface area contributed by atoms with E-state index in [4.69, 9.17) is 4.74 Å². The van der Waals surface area contributed by atoms with Crippen molar-refractivity contribution in [2.45, 2.75) is 34.1 Å². The van der Waals surface area contributed by atoms with Crippen LogP contribution in [0.25, 0.3) is 0 Å². The molecule has 7 nitrogen and oxygen atoms in total. The van der Waals surface area contributed by atoms with Gasteiger partial charge in [0.2, 0.25) is 5.82 Å². The zero-order chi connectivity index (χ0) is 17.7. The van der Waals surface area contributed by atoms with E-state index in [0.29, 0.717) is 18.2 Å². The molecule has 0 aliphatic heterocycles. The average molecular weight is 330 g/mol. The summed E-state index contributed by atoms with van der Waals surface area (Å²) in [6, 6.07) is 5.62. The van der Waals surface area contributed by atoms with Gasteiger partial charge in [0, 0.05) is 6.54 Å². The van der Waals surface area contributed by atoms with Gasteiger partial charge in [-0.15, -0.1) is 0 Å². The van der Waals surface area contributed by atoms with Crippen LogP contribution in [0, 0.1) is 29.9 Å². The summed E-state index contributed by atoms with van der Waals surface area (Å²) in [5.74, 6) is 1.12. The third-order valence-corrected chi connectivity index (χ3v) is 3.40. The minimum atomic E-state index is -0.518. The summed E-state index contributed by atoms with van der Waals surface area (Å²) in [5, 5.41) is 14.5. The third-order valence-electron chi connectivity index (χ3n) is 3.40. The van der Waals surface area contributed by atoms with E-state index in [0.717, 1.165) is 17.5 Å². The Morgan fingerprint density at radius 1 is 1.21 bits per heavy atom. The SMILES string of the molecule is Cc1cc(C)cc(Oc2ncnc(NCCC(C)C)c2[N+](=O)[O-])c1. The van der Waals surface area contributed by atoms with Crippen molar-refractivity contribution in [2.24, 2.45) is 5.92 Å². The first-order valence-electron chi connectivity index (χ1n) is 7.86. The summed E-state index contributed by atoms with van der Waals surface area (Å²) in [5.41, 5.74) is 1.77. The smallest absolute Gasteiger partial charge is 0.373 e. The lowest BCUT2D eigenvalue weighted by molar-refractivity contribution is -0.385. The first-order valence-corrected chi connectivity index (χ1v) is 7.86. The zero-order valence-electron chi connectivity index (χ0n) is 14.4. The topological polar surface area (TPSA) is 90.2 Å². The van der Waals surface area contributed by atoms with Crippen molar-refractivity contribution in [2.75, 3.05) is 11.9 Å². The van der Waals surface area contributed by atoms with Gasteiger partial charge in [-0.2, -0.15) is 4.98 Å². The van der Waals surface area contributed by atoms with Gasteiger partial charge in [-0.3, -0.25) is 10.1 Å². The second-order valence-corrected chi connectivity index (χ2v) is 6.17. The van der Waals surface area contributed by atoms with E-state index in [1.807, 2.05) is 32.0 Å². The lowest BCUT2D eigenvalue weighted by Gasteiger charge is -2.11. The fraction of sp³-hybridized carbons (Fsp3) is 0.412. The summed E-state index contributed by atoms with van der Waals surface area (Å²) in [7, 11) is 0. The molecule has 0 bridgehead atoms. The van der Waals surface area contributed by atoms with Gasteiger partial charge in [0.15, 0.2) is 0 Å². The molecule has 0 radical (unpaired) electrons. The fourth-order valence-electron chi connectivity index (χ4n) is 2.31. The number of nitrogens with zero attached hydrogens (tertiary/aromatic N) is 3. The Morgan fingerprint density at radius 2 is 1.88 bits per heavy atom. The van der Waals surface area contributed by atoms with Crippen molar-refractivity contribution >= 4 is 11.5 Å². The van der Waals surface area contributed by atoms with Crippen molar-refractivity contribution in [3.63, 3.8) is 0 Å². The van der Waals surface area contributed by atoms with Crippen LogP contribution in [-0.4, -0.2) is 21.4 Å². The molecule has 24 heavy (non-hydrogen) atoms. The maximum atomic E-state index is 11.5. The molecular weight excluding hydrogens is 308 g/mol. The number of benzene rings is 1. The van der Waals surface area contributed by atoms with Gasteiger partial charge in [-0.05, 0) is 49.4 Å². The lowest BCUT2D eigenvalue weighted by Crippen LogP contribution is -2.09. The molecule has 1 aromatic heterocycles. The monoisotopic (exact) mass is 330 g/mol. The Balaban J connectivity index is 2.30. The number of anilines is 1. The molecule has 7 heteroatoms. The molecule has 0 aliphatic carbocycles. The summed E-state index contributed by atoms with van der Waals surface area (Å²) < 4.78 is 5.67. The molecular formula is C17H22N4O3. The lowest BCUT2D eigenvalue weighted by atomic mass is 10.1. The highest BCUT2D eigenvalue weighted by Gasteiger charge is 2.25. The summed E-state index contributed by atoms with van der Waals surface area (Å²) in [6.07, 6.45) is 2.15. The number of nitrogens with one attached hydrogen (secondary N) is 1. The van der Waals surface area contributed by atoms with Crippen molar-refractivity contribution in [1.29, 1.82) is 0 Å². The molecule has 2 aromatic rings. The van der Waals surface area contributed by atoms with Crippen LogP contribution in [0.5, 0.6) is 11.6 Å². The predicted molar refractivity (Wildman–Crippen MR) is 92.6 cm³/mol. The third kappa shape index (κ3) is 4.65. The Bertz CT molecular complexity index is 712. The molecule has 0 unspecified atom stereocenters. The molecule has 0 spiro atoms. The van der Waals surface area contributed by atoms with Crippen molar-refractivity contribution in [1.82, 2.24) is 9.97 Å². The van der Waals surface area contributed by atoms with Crippen LogP contribution in [0.3, 0.4) is 0 Å². The van der Waals surface area contributed by atoms with E-state index in [1.54, 1.807) is 0 Å². The largest absolute Gasteiger partial charge is 0.434 e. The molecule has 0 atom stereocenters. The maximum absolute atomic E-state index is 11.5. The normalized spacial score (nSPS) is 10.7. The molecule has 128 valence electrons. The van der Waals surface area contributed by atoms with Crippen LogP contribution in [-0.2, 0) is 0 Å². The molecule has 0 amide bonds. The maximum Gasteiger partial charge on any atom is 0.373 e. The van der Waals surface area contributed by atoms with Crippen LogP contribution < -0.4 is 10.1 Å². The summed E-state index contributed by atoms with van der Waals surface area (Å²) in [6.45, 7) is 8.65. The number of nitro groups is 1. The van der Waals surface area contributed by atoms with Crippen LogP contribution in [0.1, 0.15) is 31.4 Å². The minimum Gasteiger partial charge on any atom is -0.434 e. The number of hydrogen-bond donors (Lipinski definition) is 1. The standard InChI is InChI=1S/C17H22N4O3/c1-11(2)5-6-18-16-15(21(22)23)17(20-10-19-16)24-14-8-12(3)7-13(4)9-14/h7-11H,5-6H2,1-4H3,(H,18,19,20). The number of hydrogen-bond acceptors (Lipinski definition) is 6. The molecule has 0 saturated carbocycles. The van der Waals surface area contributed by atoms with E-state index >= 15 is 0 Å². The second-order valence-electron chi connectivity index (χ2n) is 6.17. The highest BCUT2D eigenvalue weighted by atomic mass is 16.6. The van der Waals surface area contributed by atoms with Crippen molar-refractivity contribution in [3.8, 4) is 11.6 Å². The highest BCUT2D eigenvalue weighted by molar-refractivity contribution is 5.61. The predicted octanol–water partition coefficient (Wildman–Crippen LogP) is 4.25. The first kappa shape index (κ1) is 17.7. The number of aryl methyl sites for hydroxylation is 2. The Morgan fingerprint density at radius 3 is 2.46 bits per heavy atom. The van der Waals surface area contributed by atoms with Crippen molar-refractivity contribution in [3.05, 3.63) is 45.8 Å². The first-order chi connectivity index (χ1) is 11.4. The average Bonchev–Trinajstić information content (AvgIpc) is 2.45. The van der Waals surface area contributed by atoms with Gasteiger partial charge >= 0.3 is 11.6 Å². The Kier molecular flexibility index (Phi) is 5.68. The molecule has 0 saturated heterocycles. The molecule has 1 heterocycles. The fourth-order valence-corrected chi connectivity index (χ4v) is 2.31. The van der Waals surface area contributed by atoms with Crippen LogP contribution in [0.15, 0.2) is 24.5 Å².